The quantitative estimate of drug-likeness (QED) is 0.907. The van der Waals surface area contributed by atoms with E-state index in [1.165, 1.54) is 24.3 Å². The van der Waals surface area contributed by atoms with Crippen molar-refractivity contribution in [1.29, 1.82) is 0 Å². The fourth-order valence-electron chi connectivity index (χ4n) is 1.52. The van der Waals surface area contributed by atoms with Crippen molar-refractivity contribution in [3.05, 3.63) is 35.8 Å². The number of amides is 1. The number of ether oxygens (including phenoxy) is 1. The van der Waals surface area contributed by atoms with Crippen LogP contribution >= 0.6 is 0 Å². The van der Waals surface area contributed by atoms with Gasteiger partial charge in [0.2, 0.25) is 5.82 Å². The van der Waals surface area contributed by atoms with E-state index in [1.54, 1.807) is 6.92 Å². The Morgan fingerprint density at radius 3 is 2.75 bits per heavy atom. The third-order valence-electron chi connectivity index (χ3n) is 2.63. The minimum absolute atomic E-state index is 0.284. The summed E-state index contributed by atoms with van der Waals surface area (Å²) in [6.45, 7) is 3.45. The highest BCUT2D eigenvalue weighted by Gasteiger charge is 2.18. The third kappa shape index (κ3) is 3.31. The van der Waals surface area contributed by atoms with E-state index in [0.29, 0.717) is 17.9 Å². The topological polar surface area (TPSA) is 77.3 Å². The van der Waals surface area contributed by atoms with Gasteiger partial charge in [-0.05, 0) is 42.8 Å². The number of aryl methyl sites for hydroxylation is 1. The van der Waals surface area contributed by atoms with E-state index >= 15 is 0 Å². The second kappa shape index (κ2) is 6.14. The molecular weight excluding hydrogens is 265 g/mol. The number of aromatic nitrogens is 2. The van der Waals surface area contributed by atoms with Crippen LogP contribution in [0.2, 0.25) is 0 Å². The van der Waals surface area contributed by atoms with Crippen LogP contribution in [-0.4, -0.2) is 22.3 Å². The van der Waals surface area contributed by atoms with Gasteiger partial charge in [0.15, 0.2) is 6.10 Å². The van der Waals surface area contributed by atoms with Gasteiger partial charge in [-0.2, -0.15) is 0 Å². The lowest BCUT2D eigenvalue weighted by atomic mass is 10.3. The van der Waals surface area contributed by atoms with Gasteiger partial charge >= 0.3 is 0 Å². The smallest absolute Gasteiger partial charge is 0.266 e. The maximum absolute atomic E-state index is 12.8. The number of nitrogens with one attached hydrogen (secondary N) is 1. The molecule has 0 saturated carbocycles. The highest BCUT2D eigenvalue weighted by Crippen LogP contribution is 2.15. The van der Waals surface area contributed by atoms with Gasteiger partial charge in [0.25, 0.3) is 5.91 Å². The average Bonchev–Trinajstić information content (AvgIpc) is 2.88. The summed E-state index contributed by atoms with van der Waals surface area (Å²) in [6, 6.07) is 5.43. The normalized spacial score (nSPS) is 11.9. The third-order valence-corrected chi connectivity index (χ3v) is 2.63. The summed E-state index contributed by atoms with van der Waals surface area (Å²) in [6.07, 6.45) is -0.173. The number of anilines is 1. The molecule has 1 aromatic carbocycles. The molecule has 0 aliphatic rings. The van der Waals surface area contributed by atoms with Gasteiger partial charge in [-0.15, -0.1) is 0 Å². The van der Waals surface area contributed by atoms with Crippen LogP contribution in [0.15, 0.2) is 28.9 Å². The summed E-state index contributed by atoms with van der Waals surface area (Å²) >= 11 is 0. The lowest BCUT2D eigenvalue weighted by Gasteiger charge is -2.13. The van der Waals surface area contributed by atoms with E-state index in [0.717, 1.165) is 0 Å². The second-order valence-electron chi connectivity index (χ2n) is 4.12. The number of carbonyl (C=O) groups excluding carboxylic acids is 1. The fraction of sp³-hybridized carbons (Fsp3) is 0.308. The standard InChI is InChI=1S/C13H14FN3O3/c1-3-11-12(17-20-16-11)15-13(18)8(2)19-10-6-4-9(14)5-7-10/h4-8H,3H2,1-2H3,(H,15,17,18)/t8-/m1/s1. The highest BCUT2D eigenvalue weighted by atomic mass is 19.1. The molecule has 0 aliphatic heterocycles. The Morgan fingerprint density at radius 1 is 1.40 bits per heavy atom. The number of benzene rings is 1. The zero-order valence-electron chi connectivity index (χ0n) is 11.1. The van der Waals surface area contributed by atoms with E-state index in [9.17, 15) is 9.18 Å². The first-order valence-corrected chi connectivity index (χ1v) is 6.14. The Hall–Kier alpha value is -2.44. The molecule has 1 atom stereocenters. The summed E-state index contributed by atoms with van der Waals surface area (Å²) in [5.74, 6) is -0.0643. The van der Waals surface area contributed by atoms with Crippen molar-refractivity contribution in [2.24, 2.45) is 0 Å². The molecule has 0 bridgehead atoms. The van der Waals surface area contributed by atoms with Gasteiger partial charge in [-0.1, -0.05) is 12.1 Å². The minimum atomic E-state index is -0.762. The highest BCUT2D eigenvalue weighted by molar-refractivity contribution is 5.93. The van der Waals surface area contributed by atoms with Crippen LogP contribution in [0.1, 0.15) is 19.5 Å². The zero-order valence-corrected chi connectivity index (χ0v) is 11.1. The maximum atomic E-state index is 12.8. The van der Waals surface area contributed by atoms with Crippen molar-refractivity contribution in [3.8, 4) is 5.75 Å². The van der Waals surface area contributed by atoms with E-state index in [-0.39, 0.29) is 17.5 Å². The van der Waals surface area contributed by atoms with E-state index in [1.807, 2.05) is 6.92 Å². The lowest BCUT2D eigenvalue weighted by molar-refractivity contribution is -0.122. The Labute approximate surface area is 114 Å². The second-order valence-corrected chi connectivity index (χ2v) is 4.12. The number of halogens is 1. The van der Waals surface area contributed by atoms with Crippen LogP contribution in [0.3, 0.4) is 0 Å². The lowest BCUT2D eigenvalue weighted by Crippen LogP contribution is -2.30. The summed E-state index contributed by atoms with van der Waals surface area (Å²) in [4.78, 5) is 11.9. The van der Waals surface area contributed by atoms with Crippen LogP contribution in [0.5, 0.6) is 5.75 Å². The van der Waals surface area contributed by atoms with Crippen molar-refractivity contribution < 1.29 is 18.6 Å². The first-order chi connectivity index (χ1) is 9.60. The molecule has 0 aliphatic carbocycles. The number of rotatable bonds is 5. The maximum Gasteiger partial charge on any atom is 0.266 e. The van der Waals surface area contributed by atoms with Crippen LogP contribution in [-0.2, 0) is 11.2 Å². The van der Waals surface area contributed by atoms with Crippen LogP contribution in [0.25, 0.3) is 0 Å². The zero-order chi connectivity index (χ0) is 14.5. The predicted octanol–water partition coefficient (Wildman–Crippen LogP) is 2.18. The molecule has 0 saturated heterocycles. The van der Waals surface area contributed by atoms with Crippen molar-refractivity contribution in [1.82, 2.24) is 10.3 Å². The van der Waals surface area contributed by atoms with Gasteiger partial charge in [-0.3, -0.25) is 4.79 Å². The summed E-state index contributed by atoms with van der Waals surface area (Å²) in [5, 5.41) is 9.83. The van der Waals surface area contributed by atoms with Crippen LogP contribution < -0.4 is 10.1 Å². The van der Waals surface area contributed by atoms with E-state index in [2.05, 4.69) is 20.3 Å². The predicted molar refractivity (Wildman–Crippen MR) is 68.8 cm³/mol. The van der Waals surface area contributed by atoms with Gasteiger partial charge < -0.3 is 10.1 Å². The van der Waals surface area contributed by atoms with Crippen LogP contribution in [0, 0.1) is 5.82 Å². The largest absolute Gasteiger partial charge is 0.481 e. The molecule has 6 nitrogen and oxygen atoms in total. The van der Waals surface area contributed by atoms with Crippen LogP contribution in [0.4, 0.5) is 10.2 Å². The van der Waals surface area contributed by atoms with Gasteiger partial charge in [0.1, 0.15) is 17.3 Å². The van der Waals surface area contributed by atoms with Crippen molar-refractivity contribution in [2.75, 3.05) is 5.32 Å². The summed E-state index contributed by atoms with van der Waals surface area (Å²) in [5.41, 5.74) is 0.562. The Balaban J connectivity index is 1.97. The Bertz CT molecular complexity index is 583. The number of hydrogen-bond acceptors (Lipinski definition) is 5. The molecule has 7 heteroatoms. The molecule has 0 radical (unpaired) electrons. The molecule has 1 N–H and O–H groups in total. The first kappa shape index (κ1) is 14.0. The van der Waals surface area contributed by atoms with E-state index in [4.69, 9.17) is 4.74 Å². The van der Waals surface area contributed by atoms with Gasteiger partial charge in [-0.25, -0.2) is 9.02 Å². The summed E-state index contributed by atoms with van der Waals surface area (Å²) < 4.78 is 22.7. The molecule has 0 fully saturated rings. The SMILES string of the molecule is CCc1nonc1NC(=O)[C@@H](C)Oc1ccc(F)cc1. The molecule has 0 spiro atoms. The molecule has 20 heavy (non-hydrogen) atoms. The molecule has 1 heterocycles. The summed E-state index contributed by atoms with van der Waals surface area (Å²) in [7, 11) is 0. The molecule has 106 valence electrons. The Kier molecular flexibility index (Phi) is 4.29. The van der Waals surface area contributed by atoms with Crippen molar-refractivity contribution in [2.45, 2.75) is 26.4 Å². The Morgan fingerprint density at radius 2 is 2.10 bits per heavy atom. The van der Waals surface area contributed by atoms with Gasteiger partial charge in [0, 0.05) is 0 Å². The number of nitrogens with zero attached hydrogens (tertiary/aromatic N) is 2. The fourth-order valence-corrected chi connectivity index (χ4v) is 1.52. The minimum Gasteiger partial charge on any atom is -0.481 e. The first-order valence-electron chi connectivity index (χ1n) is 6.14. The molecule has 1 aromatic heterocycles. The van der Waals surface area contributed by atoms with Gasteiger partial charge in [0.05, 0.1) is 0 Å². The average molecular weight is 279 g/mol. The molecule has 2 rings (SSSR count). The number of hydrogen-bond donors (Lipinski definition) is 1. The van der Waals surface area contributed by atoms with E-state index < -0.39 is 6.10 Å². The molecular formula is C13H14FN3O3. The molecule has 1 amide bonds. The monoisotopic (exact) mass is 279 g/mol. The van der Waals surface area contributed by atoms with Crippen molar-refractivity contribution >= 4 is 11.7 Å². The van der Waals surface area contributed by atoms with Crippen molar-refractivity contribution in [3.63, 3.8) is 0 Å². The molecule has 2 aromatic rings. The molecule has 0 unspecified atom stereocenters. The number of carbonyl (C=O) groups is 1.